The zero-order chi connectivity index (χ0) is 59.9. The van der Waals surface area contributed by atoms with Gasteiger partial charge in [-0.25, -0.2) is 0 Å². The molecule has 0 aliphatic heterocycles. The van der Waals surface area contributed by atoms with Crippen molar-refractivity contribution in [2.45, 2.75) is 386 Å². The van der Waals surface area contributed by atoms with E-state index in [4.69, 9.17) is 14.2 Å². The topological polar surface area (TPSA) is 78.9 Å². The lowest BCUT2D eigenvalue weighted by Gasteiger charge is -2.18. The molecule has 6 nitrogen and oxygen atoms in total. The van der Waals surface area contributed by atoms with E-state index in [0.717, 1.165) is 89.9 Å². The molecule has 0 saturated heterocycles. The van der Waals surface area contributed by atoms with Crippen LogP contribution in [0.25, 0.3) is 0 Å². The van der Waals surface area contributed by atoms with Crippen LogP contribution in [0, 0.1) is 0 Å². The fourth-order valence-corrected chi connectivity index (χ4v) is 10.8. The molecular weight excluding hydrogens is 1020 g/mol. The van der Waals surface area contributed by atoms with Crippen LogP contribution in [-0.2, 0) is 28.6 Å². The molecular formula is C77H138O6. The second-order valence-corrected chi connectivity index (χ2v) is 24.5. The van der Waals surface area contributed by atoms with Gasteiger partial charge in [-0.15, -0.1) is 0 Å². The molecule has 0 saturated carbocycles. The highest BCUT2D eigenvalue weighted by atomic mass is 16.6. The Bertz CT molecular complexity index is 1520. The van der Waals surface area contributed by atoms with Gasteiger partial charge in [0.1, 0.15) is 13.2 Å². The fourth-order valence-electron chi connectivity index (χ4n) is 10.8. The molecule has 0 aliphatic rings. The van der Waals surface area contributed by atoms with Crippen LogP contribution in [0.2, 0.25) is 0 Å². The molecule has 0 rings (SSSR count). The van der Waals surface area contributed by atoms with Gasteiger partial charge in [0.25, 0.3) is 0 Å². The summed E-state index contributed by atoms with van der Waals surface area (Å²) >= 11 is 0. The van der Waals surface area contributed by atoms with Gasteiger partial charge in [0.15, 0.2) is 6.10 Å². The van der Waals surface area contributed by atoms with Crippen LogP contribution in [0.4, 0.5) is 0 Å². The second kappa shape index (κ2) is 71.3. The van der Waals surface area contributed by atoms with E-state index in [-0.39, 0.29) is 31.1 Å². The molecule has 0 amide bonds. The SMILES string of the molecule is CC/C=C\C/C=C\C/C=C\C/C=C\C/C=C\CCCCCCCCCCCCCCCCCCCC(=O)OCC(COC(=O)CCCCCCCCCCCCC)OC(=O)CCCCCCCCCCC/C=C\CCCCCCCCCC. The number of esters is 3. The number of unbranched alkanes of at least 4 members (excludes halogenated alkanes) is 44. The third kappa shape index (κ3) is 69.5. The predicted molar refractivity (Wildman–Crippen MR) is 362 cm³/mol. The first-order valence-corrected chi connectivity index (χ1v) is 36.4. The first-order chi connectivity index (χ1) is 41.0. The number of carbonyl (C=O) groups excluding carboxylic acids is 3. The van der Waals surface area contributed by atoms with Crippen LogP contribution in [-0.4, -0.2) is 37.2 Å². The minimum atomic E-state index is -0.773. The van der Waals surface area contributed by atoms with E-state index in [2.05, 4.69) is 93.7 Å². The lowest BCUT2D eigenvalue weighted by Crippen LogP contribution is -2.30. The molecule has 0 bridgehead atoms. The summed E-state index contributed by atoms with van der Waals surface area (Å²) in [6.07, 6.45) is 93.7. The van der Waals surface area contributed by atoms with Gasteiger partial charge < -0.3 is 14.2 Å². The normalized spacial score (nSPS) is 12.5. The Morgan fingerprint density at radius 1 is 0.253 bits per heavy atom. The van der Waals surface area contributed by atoms with Crippen molar-refractivity contribution in [3.63, 3.8) is 0 Å². The van der Waals surface area contributed by atoms with Crippen molar-refractivity contribution in [3.8, 4) is 0 Å². The number of hydrogen-bond donors (Lipinski definition) is 0. The van der Waals surface area contributed by atoms with E-state index in [0.29, 0.717) is 19.3 Å². The summed E-state index contributed by atoms with van der Waals surface area (Å²) in [7, 11) is 0. The summed E-state index contributed by atoms with van der Waals surface area (Å²) in [5, 5.41) is 0. The monoisotopic (exact) mass is 1160 g/mol. The summed E-state index contributed by atoms with van der Waals surface area (Å²) in [4.78, 5) is 38.4. The molecule has 0 aromatic carbocycles. The van der Waals surface area contributed by atoms with Gasteiger partial charge >= 0.3 is 17.9 Å². The van der Waals surface area contributed by atoms with E-state index in [1.54, 1.807) is 0 Å². The molecule has 0 heterocycles. The zero-order valence-electron chi connectivity index (χ0n) is 55.5. The van der Waals surface area contributed by atoms with E-state index < -0.39 is 6.10 Å². The van der Waals surface area contributed by atoms with Crippen molar-refractivity contribution in [1.29, 1.82) is 0 Å². The van der Waals surface area contributed by atoms with E-state index in [1.165, 1.54) is 250 Å². The van der Waals surface area contributed by atoms with Gasteiger partial charge in [0.05, 0.1) is 0 Å². The highest BCUT2D eigenvalue weighted by Crippen LogP contribution is 2.18. The first kappa shape index (κ1) is 79.8. The van der Waals surface area contributed by atoms with Crippen LogP contribution < -0.4 is 0 Å². The third-order valence-electron chi connectivity index (χ3n) is 16.2. The molecule has 6 heteroatoms. The smallest absolute Gasteiger partial charge is 0.306 e. The zero-order valence-corrected chi connectivity index (χ0v) is 55.5. The van der Waals surface area contributed by atoms with Gasteiger partial charge in [0.2, 0.25) is 0 Å². The largest absolute Gasteiger partial charge is 0.462 e. The number of carbonyl (C=O) groups is 3. The number of allylic oxidation sites excluding steroid dienone is 12. The molecule has 0 aromatic rings. The van der Waals surface area contributed by atoms with Crippen LogP contribution in [0.3, 0.4) is 0 Å². The van der Waals surface area contributed by atoms with Gasteiger partial charge in [-0.3, -0.25) is 14.4 Å². The van der Waals surface area contributed by atoms with Crippen molar-refractivity contribution in [2.75, 3.05) is 13.2 Å². The Balaban J connectivity index is 4.13. The lowest BCUT2D eigenvalue weighted by molar-refractivity contribution is -0.167. The van der Waals surface area contributed by atoms with Crippen LogP contribution in [0.5, 0.6) is 0 Å². The van der Waals surface area contributed by atoms with Gasteiger partial charge in [-0.2, -0.15) is 0 Å². The molecule has 1 unspecified atom stereocenters. The Morgan fingerprint density at radius 2 is 0.470 bits per heavy atom. The summed E-state index contributed by atoms with van der Waals surface area (Å²) in [6.45, 7) is 6.57. The second-order valence-electron chi connectivity index (χ2n) is 24.5. The molecule has 1 atom stereocenters. The van der Waals surface area contributed by atoms with Crippen molar-refractivity contribution in [2.24, 2.45) is 0 Å². The summed E-state index contributed by atoms with van der Waals surface area (Å²) in [5.41, 5.74) is 0. The molecule has 0 spiro atoms. The molecule has 0 N–H and O–H groups in total. The van der Waals surface area contributed by atoms with E-state index >= 15 is 0 Å². The highest BCUT2D eigenvalue weighted by Gasteiger charge is 2.19. The Hall–Kier alpha value is -3.15. The lowest BCUT2D eigenvalue weighted by atomic mass is 10.0. The summed E-state index contributed by atoms with van der Waals surface area (Å²) in [6, 6.07) is 0. The Labute approximate surface area is 516 Å². The molecule has 0 radical (unpaired) electrons. The number of rotatable bonds is 67. The minimum Gasteiger partial charge on any atom is -0.462 e. The van der Waals surface area contributed by atoms with Crippen molar-refractivity contribution < 1.29 is 28.6 Å². The molecule has 0 fully saturated rings. The van der Waals surface area contributed by atoms with Crippen molar-refractivity contribution in [1.82, 2.24) is 0 Å². The average Bonchev–Trinajstić information content (AvgIpc) is 3.48. The van der Waals surface area contributed by atoms with Gasteiger partial charge in [0, 0.05) is 19.3 Å². The van der Waals surface area contributed by atoms with Crippen LogP contribution in [0.15, 0.2) is 72.9 Å². The predicted octanol–water partition coefficient (Wildman–Crippen LogP) is 25.2. The van der Waals surface area contributed by atoms with Crippen molar-refractivity contribution >= 4 is 17.9 Å². The van der Waals surface area contributed by atoms with Gasteiger partial charge in [-0.1, -0.05) is 344 Å². The highest BCUT2D eigenvalue weighted by molar-refractivity contribution is 5.71. The van der Waals surface area contributed by atoms with Crippen LogP contribution in [0.1, 0.15) is 380 Å². The molecule has 83 heavy (non-hydrogen) atoms. The van der Waals surface area contributed by atoms with Crippen LogP contribution >= 0.6 is 0 Å². The number of hydrogen-bond acceptors (Lipinski definition) is 6. The maximum atomic E-state index is 12.9. The van der Waals surface area contributed by atoms with E-state index in [9.17, 15) is 14.4 Å². The Kier molecular flexibility index (Phi) is 68.6. The molecule has 0 aromatic heterocycles. The van der Waals surface area contributed by atoms with E-state index in [1.807, 2.05) is 0 Å². The fraction of sp³-hybridized carbons (Fsp3) is 0.805. The first-order valence-electron chi connectivity index (χ1n) is 36.4. The minimum absolute atomic E-state index is 0.0697. The maximum Gasteiger partial charge on any atom is 0.306 e. The summed E-state index contributed by atoms with van der Waals surface area (Å²) < 4.78 is 17.0. The molecule has 482 valence electrons. The van der Waals surface area contributed by atoms with Crippen molar-refractivity contribution in [3.05, 3.63) is 72.9 Å². The van der Waals surface area contributed by atoms with Gasteiger partial charge in [-0.05, 0) is 89.9 Å². The standard InChI is InChI=1S/C77H138O6/c1-4-7-10-13-16-19-22-24-26-28-30-32-33-34-35-36-37-38-39-40-41-42-43-45-46-48-50-52-55-58-61-64-67-70-76(79)82-73-74(72-81-75(78)69-66-63-60-57-54-21-18-15-12-9-6-3)83-77(80)71-68-65-62-59-56-53-51-49-47-44-31-29-27-25-23-20-17-14-11-8-5-2/h7,10,16,19,24,26,29-32,34-35,74H,4-6,8-9,11-15,17-18,20-23,25,27-28,33,36-73H2,1-3H3/b10-7-,19-16-,26-24-,31-29-,32-30-,35-34-. The molecule has 0 aliphatic carbocycles. The average molecular weight is 1160 g/mol. The summed E-state index contributed by atoms with van der Waals surface area (Å²) in [5.74, 6) is -0.848. The number of ether oxygens (including phenoxy) is 3. The third-order valence-corrected chi connectivity index (χ3v) is 16.2. The quantitative estimate of drug-likeness (QED) is 0.0261. The maximum absolute atomic E-state index is 12.9. The Morgan fingerprint density at radius 3 is 0.747 bits per heavy atom.